The fourth-order valence-electron chi connectivity index (χ4n) is 2.33. The van der Waals surface area contributed by atoms with Crippen molar-refractivity contribution in [1.82, 2.24) is 0 Å². The third-order valence-electron chi connectivity index (χ3n) is 3.30. The maximum atomic E-state index is 11.4. The number of hydrogen-bond acceptors (Lipinski definition) is 3. The van der Waals surface area contributed by atoms with Crippen molar-refractivity contribution in [2.24, 2.45) is 0 Å². The van der Waals surface area contributed by atoms with Crippen LogP contribution in [0.15, 0.2) is 48.5 Å². The van der Waals surface area contributed by atoms with Crippen molar-refractivity contribution < 1.29 is 14.5 Å². The first kappa shape index (κ1) is 12.4. The Morgan fingerprint density at radius 1 is 1.05 bits per heavy atom. The van der Waals surface area contributed by atoms with Gasteiger partial charge in [-0.25, -0.2) is 4.98 Å². The molecule has 0 unspecified atom stereocenters. The largest absolute Gasteiger partial charge is 0.468 e. The molecule has 100 valence electrons. The molecule has 4 heteroatoms. The molecule has 0 amide bonds. The van der Waals surface area contributed by atoms with Crippen LogP contribution in [0.4, 0.5) is 5.69 Å². The number of hydrogen-bond donors (Lipinski definition) is 1. The third-order valence-corrected chi connectivity index (χ3v) is 3.30. The maximum Gasteiger partial charge on any atom is 0.325 e. The van der Waals surface area contributed by atoms with Gasteiger partial charge in [-0.2, -0.15) is 0 Å². The number of pyridine rings is 1. The second-order valence-electron chi connectivity index (χ2n) is 4.52. The van der Waals surface area contributed by atoms with E-state index in [1.54, 1.807) is 0 Å². The van der Waals surface area contributed by atoms with Crippen LogP contribution in [-0.2, 0) is 9.53 Å². The van der Waals surface area contributed by atoms with Gasteiger partial charge in [0.05, 0.1) is 23.6 Å². The lowest BCUT2D eigenvalue weighted by Crippen LogP contribution is -2.17. The number of ether oxygens (including phenoxy) is 1. The molecule has 1 heterocycles. The molecule has 0 aliphatic heterocycles. The lowest BCUT2D eigenvalue weighted by Gasteiger charge is -2.09. The van der Waals surface area contributed by atoms with Gasteiger partial charge in [0.1, 0.15) is 6.54 Å². The van der Waals surface area contributed by atoms with Gasteiger partial charge in [-0.3, -0.25) is 4.79 Å². The molecule has 0 fully saturated rings. The normalized spacial score (nSPS) is 10.7. The first-order chi connectivity index (χ1) is 9.79. The van der Waals surface area contributed by atoms with Crippen LogP contribution >= 0.6 is 0 Å². The lowest BCUT2D eigenvalue weighted by atomic mass is 10.1. The molecule has 20 heavy (non-hydrogen) atoms. The fourth-order valence-corrected chi connectivity index (χ4v) is 2.33. The number of H-pyrrole nitrogens is 1. The zero-order valence-corrected chi connectivity index (χ0v) is 11.1. The molecule has 0 radical (unpaired) electrons. The van der Waals surface area contributed by atoms with Gasteiger partial charge in [0.15, 0.2) is 0 Å². The van der Waals surface area contributed by atoms with Crippen LogP contribution in [0.25, 0.3) is 21.8 Å². The highest BCUT2D eigenvalue weighted by Gasteiger charge is 2.13. The number of carbonyl (C=O) groups is 1. The van der Waals surface area contributed by atoms with Gasteiger partial charge in [0, 0.05) is 12.1 Å². The smallest absolute Gasteiger partial charge is 0.325 e. The zero-order valence-electron chi connectivity index (χ0n) is 11.1. The number of carbonyl (C=O) groups excluding carboxylic acids is 1. The first-order valence-electron chi connectivity index (χ1n) is 6.43. The van der Waals surface area contributed by atoms with Crippen LogP contribution in [0.1, 0.15) is 0 Å². The molecule has 0 atom stereocenters. The molecule has 3 rings (SSSR count). The Bertz CT molecular complexity index is 730. The molecule has 4 nitrogen and oxygen atoms in total. The van der Waals surface area contributed by atoms with Crippen molar-refractivity contribution in [3.63, 3.8) is 0 Å². The summed E-state index contributed by atoms with van der Waals surface area (Å²) in [5.74, 6) is -0.286. The standard InChI is InChI=1S/C16H14N2O2/c1-20-15(19)10-17-16-11-6-2-4-8-13(11)18-14-9-5-3-7-12(14)16/h2-9H,10H2,1H3,(H,17,18)/p+1. The predicted octanol–water partition coefficient (Wildman–Crippen LogP) is 2.39. The van der Waals surface area contributed by atoms with Crippen molar-refractivity contribution in [3.05, 3.63) is 48.5 Å². The third kappa shape index (κ3) is 2.16. The van der Waals surface area contributed by atoms with E-state index < -0.39 is 0 Å². The van der Waals surface area contributed by atoms with Crippen LogP contribution < -0.4 is 10.3 Å². The predicted molar refractivity (Wildman–Crippen MR) is 78.5 cm³/mol. The molecule has 0 saturated heterocycles. The molecule has 0 spiro atoms. The average Bonchev–Trinajstić information content (AvgIpc) is 2.51. The van der Waals surface area contributed by atoms with E-state index in [0.29, 0.717) is 0 Å². The maximum absolute atomic E-state index is 11.4. The number of rotatable bonds is 3. The van der Waals surface area contributed by atoms with Crippen molar-refractivity contribution in [2.45, 2.75) is 0 Å². The number of esters is 1. The van der Waals surface area contributed by atoms with Gasteiger partial charge < -0.3 is 10.1 Å². The minimum atomic E-state index is -0.286. The van der Waals surface area contributed by atoms with Crippen LogP contribution in [-0.4, -0.2) is 19.6 Å². The van der Waals surface area contributed by atoms with E-state index in [1.807, 2.05) is 48.5 Å². The Labute approximate surface area is 116 Å². The highest BCUT2D eigenvalue weighted by Crippen LogP contribution is 2.28. The minimum Gasteiger partial charge on any atom is -0.468 e. The van der Waals surface area contributed by atoms with Crippen molar-refractivity contribution in [1.29, 1.82) is 0 Å². The molecule has 0 aliphatic carbocycles. The SMILES string of the molecule is COC(=O)CNc1c2ccccc2[nH+]c2ccccc12. The van der Waals surface area contributed by atoms with E-state index in [2.05, 4.69) is 15.0 Å². The second-order valence-corrected chi connectivity index (χ2v) is 4.52. The van der Waals surface area contributed by atoms with Gasteiger partial charge in [0.2, 0.25) is 11.0 Å². The van der Waals surface area contributed by atoms with Gasteiger partial charge >= 0.3 is 5.97 Å². The summed E-state index contributed by atoms with van der Waals surface area (Å²) >= 11 is 0. The quantitative estimate of drug-likeness (QED) is 0.585. The van der Waals surface area contributed by atoms with Crippen molar-refractivity contribution in [3.8, 4) is 0 Å². The van der Waals surface area contributed by atoms with Gasteiger partial charge in [-0.1, -0.05) is 24.3 Å². The molecular weight excluding hydrogens is 252 g/mol. The van der Waals surface area contributed by atoms with E-state index in [1.165, 1.54) is 7.11 Å². The number of anilines is 1. The summed E-state index contributed by atoms with van der Waals surface area (Å²) < 4.78 is 4.69. The summed E-state index contributed by atoms with van der Waals surface area (Å²) in [6, 6.07) is 16.0. The topological polar surface area (TPSA) is 52.5 Å². The van der Waals surface area contributed by atoms with Crippen LogP contribution in [0.5, 0.6) is 0 Å². The van der Waals surface area contributed by atoms with E-state index in [0.717, 1.165) is 27.5 Å². The van der Waals surface area contributed by atoms with Crippen LogP contribution in [0.3, 0.4) is 0 Å². The van der Waals surface area contributed by atoms with E-state index in [-0.39, 0.29) is 12.5 Å². The number of benzene rings is 2. The molecular formula is C16H15N2O2+. The lowest BCUT2D eigenvalue weighted by molar-refractivity contribution is -0.310. The average molecular weight is 267 g/mol. The Kier molecular flexibility index (Phi) is 3.21. The van der Waals surface area contributed by atoms with E-state index >= 15 is 0 Å². The number of methoxy groups -OCH3 is 1. The molecule has 3 aromatic rings. The Morgan fingerprint density at radius 3 is 2.15 bits per heavy atom. The van der Waals surface area contributed by atoms with Crippen molar-refractivity contribution >= 4 is 33.5 Å². The Morgan fingerprint density at radius 2 is 1.60 bits per heavy atom. The Hall–Kier alpha value is -2.62. The zero-order chi connectivity index (χ0) is 13.9. The van der Waals surface area contributed by atoms with Gasteiger partial charge in [-0.15, -0.1) is 0 Å². The number of fused-ring (bicyclic) bond motifs is 2. The summed E-state index contributed by atoms with van der Waals surface area (Å²) in [4.78, 5) is 14.8. The van der Waals surface area contributed by atoms with E-state index in [9.17, 15) is 4.79 Å². The molecule has 2 N–H and O–H groups in total. The van der Waals surface area contributed by atoms with E-state index in [4.69, 9.17) is 0 Å². The molecule has 0 saturated carbocycles. The van der Waals surface area contributed by atoms with Crippen LogP contribution in [0, 0.1) is 0 Å². The van der Waals surface area contributed by atoms with Gasteiger partial charge in [0.25, 0.3) is 0 Å². The summed E-state index contributed by atoms with van der Waals surface area (Å²) in [5, 5.41) is 5.29. The molecule has 0 bridgehead atoms. The minimum absolute atomic E-state index is 0.147. The van der Waals surface area contributed by atoms with Crippen LogP contribution in [0.2, 0.25) is 0 Å². The monoisotopic (exact) mass is 267 g/mol. The fraction of sp³-hybridized carbons (Fsp3) is 0.125. The number of nitrogens with one attached hydrogen (secondary N) is 2. The number of aromatic nitrogens is 1. The number of para-hydroxylation sites is 2. The summed E-state index contributed by atoms with van der Waals surface area (Å²) in [6.45, 7) is 0.147. The van der Waals surface area contributed by atoms with Gasteiger partial charge in [-0.05, 0) is 12.1 Å². The summed E-state index contributed by atoms with van der Waals surface area (Å²) in [5.41, 5.74) is 3.00. The second kappa shape index (κ2) is 5.17. The Balaban J connectivity index is 2.20. The highest BCUT2D eigenvalue weighted by molar-refractivity contribution is 6.05. The molecule has 1 aromatic heterocycles. The summed E-state index contributed by atoms with van der Waals surface area (Å²) in [6.07, 6.45) is 0. The first-order valence-corrected chi connectivity index (χ1v) is 6.43. The summed E-state index contributed by atoms with van der Waals surface area (Å²) in [7, 11) is 1.39. The molecule has 0 aliphatic rings. The molecule has 2 aromatic carbocycles. The number of aromatic amines is 1. The van der Waals surface area contributed by atoms with Crippen molar-refractivity contribution in [2.75, 3.05) is 19.0 Å². The highest BCUT2D eigenvalue weighted by atomic mass is 16.5.